The second kappa shape index (κ2) is 11.1. The van der Waals surface area contributed by atoms with Gasteiger partial charge in [-0.1, -0.05) is 18.1 Å². The van der Waals surface area contributed by atoms with E-state index in [1.54, 1.807) is 35.7 Å². The van der Waals surface area contributed by atoms with Crippen LogP contribution in [0.4, 0.5) is 4.39 Å². The third-order valence-corrected chi connectivity index (χ3v) is 6.52. The topological polar surface area (TPSA) is 85.7 Å². The largest absolute Gasteiger partial charge is 0.493 e. The Morgan fingerprint density at radius 2 is 1.92 bits per heavy atom. The molecule has 36 heavy (non-hydrogen) atoms. The number of ketones is 2. The number of aromatic nitrogens is 1. The molecule has 4 aromatic rings. The van der Waals surface area contributed by atoms with Crippen molar-refractivity contribution in [1.29, 1.82) is 0 Å². The summed E-state index contributed by atoms with van der Waals surface area (Å²) in [5.41, 5.74) is 2.14. The van der Waals surface area contributed by atoms with E-state index in [0.29, 0.717) is 44.0 Å². The number of nitrogens with zero attached hydrogens (tertiary/aromatic N) is 1. The van der Waals surface area contributed by atoms with Gasteiger partial charge < -0.3 is 14.6 Å². The van der Waals surface area contributed by atoms with Gasteiger partial charge in [-0.25, -0.2) is 9.37 Å². The van der Waals surface area contributed by atoms with Gasteiger partial charge in [0.15, 0.2) is 23.1 Å². The Labute approximate surface area is 211 Å². The highest BCUT2D eigenvalue weighted by Gasteiger charge is 2.18. The quantitative estimate of drug-likeness (QED) is 0.233. The van der Waals surface area contributed by atoms with Crippen molar-refractivity contribution in [3.8, 4) is 35.1 Å². The summed E-state index contributed by atoms with van der Waals surface area (Å²) in [6.07, 6.45) is 5.50. The summed E-state index contributed by atoms with van der Waals surface area (Å²) in [4.78, 5) is 30.2. The number of halogens is 1. The van der Waals surface area contributed by atoms with Crippen LogP contribution in [0.2, 0.25) is 0 Å². The molecule has 8 heteroatoms. The predicted octanol–water partition coefficient (Wildman–Crippen LogP) is 5.31. The zero-order valence-electron chi connectivity index (χ0n) is 19.4. The summed E-state index contributed by atoms with van der Waals surface area (Å²) in [7, 11) is 1.45. The normalized spacial score (nSPS) is 10.7. The van der Waals surface area contributed by atoms with E-state index in [0.717, 1.165) is 0 Å². The molecule has 0 aliphatic carbocycles. The molecule has 2 heterocycles. The number of carbonyl (C=O) groups excluding carboxylic acids is 2. The summed E-state index contributed by atoms with van der Waals surface area (Å²) in [5.74, 6) is 2.39. The number of fused-ring (bicyclic) bond motifs is 1. The molecule has 0 aliphatic rings. The Hall–Kier alpha value is -4.06. The lowest BCUT2D eigenvalue weighted by atomic mass is 10.0. The minimum atomic E-state index is -0.331. The number of Topliss-reactive ketones (excluding diaryl/α,β-unsaturated/α-hetero) is 2. The molecule has 0 spiro atoms. The first-order chi connectivity index (χ1) is 17.4. The number of aliphatic hydroxyl groups is 1. The molecule has 4 rings (SSSR count). The third kappa shape index (κ3) is 5.28. The second-order valence-corrected chi connectivity index (χ2v) is 8.70. The highest BCUT2D eigenvalue weighted by atomic mass is 32.1. The van der Waals surface area contributed by atoms with Crippen molar-refractivity contribution in [3.63, 3.8) is 0 Å². The molecule has 2 aromatic heterocycles. The molecule has 0 amide bonds. The van der Waals surface area contributed by atoms with E-state index >= 15 is 0 Å². The predicted molar refractivity (Wildman–Crippen MR) is 136 cm³/mol. The molecule has 6 nitrogen and oxygen atoms in total. The summed E-state index contributed by atoms with van der Waals surface area (Å²) in [6.45, 7) is -0.0535. The van der Waals surface area contributed by atoms with Gasteiger partial charge in [0.2, 0.25) is 0 Å². The van der Waals surface area contributed by atoms with Crippen molar-refractivity contribution in [2.24, 2.45) is 0 Å². The number of thiophene rings is 1. The van der Waals surface area contributed by atoms with Gasteiger partial charge in [-0.3, -0.25) is 9.59 Å². The van der Waals surface area contributed by atoms with Crippen molar-refractivity contribution in [3.05, 3.63) is 76.5 Å². The Bertz CT molecular complexity index is 1490. The molecule has 0 fully saturated rings. The van der Waals surface area contributed by atoms with Crippen molar-refractivity contribution in [2.75, 3.05) is 20.3 Å². The molecular weight excluding hydrogens is 481 g/mol. The Morgan fingerprint density at radius 3 is 2.67 bits per heavy atom. The summed E-state index contributed by atoms with van der Waals surface area (Å²) in [5, 5.41) is 11.4. The minimum Gasteiger partial charge on any atom is -0.493 e. The highest BCUT2D eigenvalue weighted by Crippen LogP contribution is 2.35. The van der Waals surface area contributed by atoms with E-state index in [4.69, 9.17) is 21.0 Å². The molecule has 0 aliphatic heterocycles. The maximum Gasteiger partial charge on any atom is 0.181 e. The molecule has 0 atom stereocenters. The fourth-order valence-corrected chi connectivity index (χ4v) is 4.70. The fraction of sp³-hybridized carbons (Fsp3) is 0.179. The number of aliphatic hydroxyl groups excluding tert-OH is 1. The number of methoxy groups -OCH3 is 1. The average Bonchev–Trinajstić information content (AvgIpc) is 3.35. The van der Waals surface area contributed by atoms with E-state index < -0.39 is 0 Å². The average molecular weight is 504 g/mol. The van der Waals surface area contributed by atoms with Gasteiger partial charge in [0.25, 0.3) is 0 Å². The number of pyridine rings is 1. The number of carbonyl (C=O) groups is 2. The monoisotopic (exact) mass is 503 g/mol. The highest BCUT2D eigenvalue weighted by molar-refractivity contribution is 7.17. The molecule has 0 radical (unpaired) electrons. The van der Waals surface area contributed by atoms with Gasteiger partial charge in [-0.15, -0.1) is 17.8 Å². The van der Waals surface area contributed by atoms with Crippen molar-refractivity contribution >= 4 is 33.0 Å². The zero-order chi connectivity index (χ0) is 25.7. The Morgan fingerprint density at radius 1 is 1.11 bits per heavy atom. The van der Waals surface area contributed by atoms with E-state index in [9.17, 15) is 14.0 Å². The van der Waals surface area contributed by atoms with Gasteiger partial charge >= 0.3 is 0 Å². The molecule has 0 saturated carbocycles. The summed E-state index contributed by atoms with van der Waals surface area (Å²) in [6, 6.07) is 12.7. The van der Waals surface area contributed by atoms with Crippen molar-refractivity contribution < 1.29 is 28.6 Å². The van der Waals surface area contributed by atoms with E-state index in [-0.39, 0.29) is 49.1 Å². The maximum atomic E-state index is 14.2. The number of benzene rings is 2. The van der Waals surface area contributed by atoms with Crippen LogP contribution in [0, 0.1) is 18.2 Å². The SMILES string of the molecule is C#Cc1cc(C(=O)CCC(=O)c2ccc(OCCO)c(OC)c2)nc(-c2csc3c(F)cccc23)c1. The third-order valence-electron chi connectivity index (χ3n) is 5.52. The first-order valence-corrected chi connectivity index (χ1v) is 12.0. The zero-order valence-corrected chi connectivity index (χ0v) is 20.2. The minimum absolute atomic E-state index is 0.0390. The molecule has 1 N–H and O–H groups in total. The summed E-state index contributed by atoms with van der Waals surface area (Å²) < 4.78 is 25.3. The number of rotatable bonds is 10. The van der Waals surface area contributed by atoms with E-state index in [2.05, 4.69) is 10.9 Å². The van der Waals surface area contributed by atoms with E-state index in [1.807, 2.05) is 0 Å². The Balaban J connectivity index is 1.53. The molecule has 0 saturated heterocycles. The number of hydrogen-bond donors (Lipinski definition) is 1. The molecular formula is C28H22FNO5S. The number of terminal acetylenes is 1. The number of hydrogen-bond acceptors (Lipinski definition) is 7. The van der Waals surface area contributed by atoms with Crippen LogP contribution < -0.4 is 9.47 Å². The van der Waals surface area contributed by atoms with Gasteiger partial charge in [-0.05, 0) is 36.4 Å². The van der Waals surface area contributed by atoms with Crippen molar-refractivity contribution in [1.82, 2.24) is 4.98 Å². The van der Waals surface area contributed by atoms with Gasteiger partial charge in [0, 0.05) is 40.3 Å². The van der Waals surface area contributed by atoms with Crippen LogP contribution in [-0.2, 0) is 0 Å². The standard InChI is InChI=1S/C28H22FNO5S/c1-3-17-13-22(20-16-36-28-19(20)5-4-6-21(28)29)30-23(14-17)25(33)9-8-24(32)18-7-10-26(35-12-11-31)27(15-18)34-2/h1,4-7,10,13-16,31H,8-9,11-12H2,2H3. The fourth-order valence-electron chi connectivity index (χ4n) is 3.73. The lowest BCUT2D eigenvalue weighted by Crippen LogP contribution is -2.08. The molecule has 0 unspecified atom stereocenters. The van der Waals surface area contributed by atoms with Gasteiger partial charge in [0.1, 0.15) is 18.1 Å². The summed E-state index contributed by atoms with van der Waals surface area (Å²) >= 11 is 1.26. The lowest BCUT2D eigenvalue weighted by Gasteiger charge is -2.11. The second-order valence-electron chi connectivity index (χ2n) is 7.82. The first kappa shape index (κ1) is 25.0. The smallest absolute Gasteiger partial charge is 0.181 e. The Kier molecular flexibility index (Phi) is 7.74. The van der Waals surface area contributed by atoms with Crippen LogP contribution in [-0.4, -0.2) is 42.0 Å². The van der Waals surface area contributed by atoms with Crippen LogP contribution in [0.15, 0.2) is 53.9 Å². The van der Waals surface area contributed by atoms with Crippen LogP contribution in [0.25, 0.3) is 21.3 Å². The molecule has 182 valence electrons. The molecule has 0 bridgehead atoms. The van der Waals surface area contributed by atoms with Crippen LogP contribution >= 0.6 is 11.3 Å². The van der Waals surface area contributed by atoms with Gasteiger partial charge in [0.05, 0.1) is 24.1 Å². The molecule has 2 aromatic carbocycles. The lowest BCUT2D eigenvalue weighted by molar-refractivity contribution is 0.0915. The van der Waals surface area contributed by atoms with Crippen LogP contribution in [0.1, 0.15) is 39.3 Å². The first-order valence-electron chi connectivity index (χ1n) is 11.1. The maximum absolute atomic E-state index is 14.2. The number of ether oxygens (including phenoxy) is 2. The van der Waals surface area contributed by atoms with Crippen LogP contribution in [0.5, 0.6) is 11.5 Å². The van der Waals surface area contributed by atoms with E-state index in [1.165, 1.54) is 36.6 Å². The van der Waals surface area contributed by atoms with Gasteiger partial charge in [-0.2, -0.15) is 0 Å². The van der Waals surface area contributed by atoms with Crippen molar-refractivity contribution in [2.45, 2.75) is 12.8 Å². The van der Waals surface area contributed by atoms with Crippen LogP contribution in [0.3, 0.4) is 0 Å².